The first-order valence-electron chi connectivity index (χ1n) is 9.11. The molecule has 5 nitrogen and oxygen atoms in total. The minimum Gasteiger partial charge on any atom is -0.339 e. The molecule has 0 unspecified atom stereocenters. The van der Waals surface area contributed by atoms with Crippen molar-refractivity contribution in [3.8, 4) is 0 Å². The maximum absolute atomic E-state index is 12.9. The van der Waals surface area contributed by atoms with Crippen molar-refractivity contribution in [1.29, 1.82) is 0 Å². The van der Waals surface area contributed by atoms with E-state index in [1.54, 1.807) is 34.4 Å². The summed E-state index contributed by atoms with van der Waals surface area (Å²) in [7, 11) is -3.44. The first-order chi connectivity index (χ1) is 12.6. The van der Waals surface area contributed by atoms with Gasteiger partial charge in [0.05, 0.1) is 21.2 Å². The van der Waals surface area contributed by atoms with Gasteiger partial charge in [0, 0.05) is 36.1 Å². The molecule has 0 radical (unpaired) electrons. The first-order valence-corrected chi connectivity index (χ1v) is 11.9. The lowest BCUT2D eigenvalue weighted by atomic mass is 9.93. The van der Waals surface area contributed by atoms with Crippen LogP contribution >= 0.6 is 11.3 Å². The number of likely N-dealkylation sites (tertiary alicyclic amines) is 1. The summed E-state index contributed by atoms with van der Waals surface area (Å²) in [5, 5.41) is 3.28. The number of carbonyl (C=O) groups is 1. The van der Waals surface area contributed by atoms with E-state index in [4.69, 9.17) is 4.98 Å². The van der Waals surface area contributed by atoms with Crippen LogP contribution in [0.5, 0.6) is 0 Å². The lowest BCUT2D eigenvalue weighted by molar-refractivity contribution is 0.0709. The molecule has 1 aromatic heterocycles. The number of rotatable bonds is 3. The Labute approximate surface area is 165 Å². The summed E-state index contributed by atoms with van der Waals surface area (Å²) in [5.41, 5.74) is 1.42. The number of aromatic nitrogens is 1. The molecule has 0 aliphatic carbocycles. The third-order valence-electron chi connectivity index (χ3n) is 4.94. The number of piperidine rings is 1. The monoisotopic (exact) mass is 406 g/mol. The van der Waals surface area contributed by atoms with E-state index in [9.17, 15) is 13.2 Å². The SMILES string of the molecule is CC(C)(C)c1csc(C2CCN(C(=O)c3ccccc3S(C)(=O)=O)CC2)n1. The van der Waals surface area contributed by atoms with Crippen LogP contribution in [0.15, 0.2) is 34.5 Å². The molecule has 0 N–H and O–H groups in total. The molecule has 1 aromatic carbocycles. The van der Waals surface area contributed by atoms with Crippen molar-refractivity contribution in [2.24, 2.45) is 0 Å². The molecule has 1 amide bonds. The lowest BCUT2D eigenvalue weighted by Gasteiger charge is -2.31. The van der Waals surface area contributed by atoms with Crippen LogP contribution in [0.1, 0.15) is 60.6 Å². The van der Waals surface area contributed by atoms with Gasteiger partial charge in [0.2, 0.25) is 0 Å². The number of amides is 1. The Morgan fingerprint density at radius 3 is 2.37 bits per heavy atom. The fourth-order valence-corrected chi connectivity index (χ4v) is 5.38. The lowest BCUT2D eigenvalue weighted by Crippen LogP contribution is -2.38. The van der Waals surface area contributed by atoms with E-state index < -0.39 is 9.84 Å². The molecule has 0 saturated carbocycles. The standard InChI is InChI=1S/C20H26N2O3S2/c1-20(2,3)17-13-26-18(21-17)14-9-11-22(12-10-14)19(23)15-7-5-6-8-16(15)27(4,24)25/h5-8,13-14H,9-12H2,1-4H3. The second-order valence-corrected chi connectivity index (χ2v) is 11.0. The Balaban J connectivity index is 1.71. The maximum Gasteiger partial charge on any atom is 0.255 e. The van der Waals surface area contributed by atoms with Crippen LogP contribution in [-0.4, -0.2) is 43.6 Å². The van der Waals surface area contributed by atoms with E-state index in [-0.39, 0.29) is 21.8 Å². The fraction of sp³-hybridized carbons (Fsp3) is 0.500. The van der Waals surface area contributed by atoms with Crippen LogP contribution in [0, 0.1) is 0 Å². The van der Waals surface area contributed by atoms with Crippen molar-refractivity contribution < 1.29 is 13.2 Å². The molecule has 1 aliphatic heterocycles. The zero-order chi connectivity index (χ0) is 19.8. The third kappa shape index (κ3) is 4.41. The normalized spacial score (nSPS) is 16.5. The second-order valence-electron chi connectivity index (χ2n) is 8.16. The number of sulfone groups is 1. The topological polar surface area (TPSA) is 67.3 Å². The van der Waals surface area contributed by atoms with Gasteiger partial charge >= 0.3 is 0 Å². The van der Waals surface area contributed by atoms with Crippen molar-refractivity contribution in [1.82, 2.24) is 9.88 Å². The van der Waals surface area contributed by atoms with E-state index in [0.29, 0.717) is 19.0 Å². The van der Waals surface area contributed by atoms with Crippen LogP contribution in [0.3, 0.4) is 0 Å². The van der Waals surface area contributed by atoms with Crippen molar-refractivity contribution in [2.75, 3.05) is 19.3 Å². The Kier molecular flexibility index (Phi) is 5.45. The fourth-order valence-electron chi connectivity index (χ4n) is 3.29. The molecule has 0 bridgehead atoms. The Morgan fingerprint density at radius 1 is 1.19 bits per heavy atom. The average Bonchev–Trinajstić information content (AvgIpc) is 3.11. The molecular weight excluding hydrogens is 380 g/mol. The van der Waals surface area contributed by atoms with Gasteiger partial charge in [-0.05, 0) is 25.0 Å². The highest BCUT2D eigenvalue weighted by atomic mass is 32.2. The highest BCUT2D eigenvalue weighted by Gasteiger charge is 2.29. The number of benzene rings is 1. The van der Waals surface area contributed by atoms with Crippen LogP contribution in [0.2, 0.25) is 0 Å². The predicted molar refractivity (Wildman–Crippen MR) is 108 cm³/mol. The molecule has 0 spiro atoms. The zero-order valence-electron chi connectivity index (χ0n) is 16.2. The van der Waals surface area contributed by atoms with Gasteiger partial charge < -0.3 is 4.90 Å². The number of thiazole rings is 1. The summed E-state index contributed by atoms with van der Waals surface area (Å²) >= 11 is 1.70. The van der Waals surface area contributed by atoms with Crippen molar-refractivity contribution in [3.05, 3.63) is 45.9 Å². The van der Waals surface area contributed by atoms with E-state index in [1.807, 2.05) is 0 Å². The minimum atomic E-state index is -3.44. The zero-order valence-corrected chi connectivity index (χ0v) is 17.9. The highest BCUT2D eigenvalue weighted by molar-refractivity contribution is 7.90. The predicted octanol–water partition coefficient (Wildman–Crippen LogP) is 3.86. The van der Waals surface area contributed by atoms with Crippen molar-refractivity contribution >= 4 is 27.1 Å². The van der Waals surface area contributed by atoms with Crippen LogP contribution in [0.4, 0.5) is 0 Å². The average molecular weight is 407 g/mol. The summed E-state index contributed by atoms with van der Waals surface area (Å²) < 4.78 is 24.0. The first kappa shape index (κ1) is 20.0. The summed E-state index contributed by atoms with van der Waals surface area (Å²) in [4.78, 5) is 19.6. The number of hydrogen-bond acceptors (Lipinski definition) is 5. The Morgan fingerprint density at radius 2 is 1.81 bits per heavy atom. The van der Waals surface area contributed by atoms with E-state index in [1.165, 1.54) is 6.07 Å². The molecule has 1 saturated heterocycles. The molecule has 3 rings (SSSR count). The van der Waals surface area contributed by atoms with Gasteiger partial charge in [0.25, 0.3) is 5.91 Å². The Hall–Kier alpha value is -1.73. The quantitative estimate of drug-likeness (QED) is 0.776. The molecular formula is C20H26N2O3S2. The molecule has 7 heteroatoms. The van der Waals surface area contributed by atoms with E-state index in [0.717, 1.165) is 29.8 Å². The molecule has 27 heavy (non-hydrogen) atoms. The van der Waals surface area contributed by atoms with Gasteiger partial charge in [0.1, 0.15) is 0 Å². The van der Waals surface area contributed by atoms with E-state index >= 15 is 0 Å². The van der Waals surface area contributed by atoms with Crippen molar-refractivity contribution in [3.63, 3.8) is 0 Å². The minimum absolute atomic E-state index is 0.0424. The number of nitrogens with zero attached hydrogens (tertiary/aromatic N) is 2. The second kappa shape index (κ2) is 7.36. The largest absolute Gasteiger partial charge is 0.339 e. The summed E-state index contributed by atoms with van der Waals surface area (Å²) in [5.74, 6) is 0.157. The van der Waals surface area contributed by atoms with Gasteiger partial charge in [-0.2, -0.15) is 0 Å². The van der Waals surface area contributed by atoms with Gasteiger partial charge in [-0.1, -0.05) is 32.9 Å². The molecule has 2 aromatic rings. The van der Waals surface area contributed by atoms with E-state index in [2.05, 4.69) is 26.2 Å². The van der Waals surface area contributed by atoms with Gasteiger partial charge in [0.15, 0.2) is 9.84 Å². The van der Waals surface area contributed by atoms with Crippen molar-refractivity contribution in [2.45, 2.75) is 49.8 Å². The van der Waals surface area contributed by atoms with Crippen LogP contribution < -0.4 is 0 Å². The van der Waals surface area contributed by atoms with Crippen LogP contribution in [0.25, 0.3) is 0 Å². The number of carbonyl (C=O) groups excluding carboxylic acids is 1. The molecule has 1 fully saturated rings. The smallest absolute Gasteiger partial charge is 0.255 e. The molecule has 146 valence electrons. The Bertz CT molecular complexity index is 934. The highest BCUT2D eigenvalue weighted by Crippen LogP contribution is 2.33. The molecule has 2 heterocycles. The number of hydrogen-bond donors (Lipinski definition) is 0. The summed E-state index contributed by atoms with van der Waals surface area (Å²) in [6, 6.07) is 6.45. The maximum atomic E-state index is 12.9. The summed E-state index contributed by atoms with van der Waals surface area (Å²) in [6.45, 7) is 7.71. The summed E-state index contributed by atoms with van der Waals surface area (Å²) in [6.07, 6.45) is 2.84. The van der Waals surface area contributed by atoms with Gasteiger partial charge in [-0.15, -0.1) is 11.3 Å². The molecule has 1 aliphatic rings. The van der Waals surface area contributed by atoms with Gasteiger partial charge in [-0.3, -0.25) is 4.79 Å². The third-order valence-corrected chi connectivity index (χ3v) is 7.10. The molecule has 0 atom stereocenters. The van der Waals surface area contributed by atoms with Gasteiger partial charge in [-0.25, -0.2) is 13.4 Å². The van der Waals surface area contributed by atoms with Crippen LogP contribution in [-0.2, 0) is 15.3 Å².